The fourth-order valence-electron chi connectivity index (χ4n) is 5.15. The summed E-state index contributed by atoms with van der Waals surface area (Å²) in [5.74, 6) is -1.94. The van der Waals surface area contributed by atoms with Crippen molar-refractivity contribution < 1.29 is 33.3 Å². The number of hydrogen-bond donors (Lipinski definition) is 2. The number of hydrogen-bond acceptors (Lipinski definition) is 8. The van der Waals surface area contributed by atoms with Crippen LogP contribution in [-0.4, -0.2) is 67.6 Å². The number of rotatable bonds is 19. The van der Waals surface area contributed by atoms with Gasteiger partial charge in [0.05, 0.1) is 0 Å². The van der Waals surface area contributed by atoms with Crippen LogP contribution in [0.15, 0.2) is 66.7 Å². The fraction of sp³-hybridized carbons (Fsp3) is 0.525. The molecule has 0 aliphatic carbocycles. The Bertz CT molecular complexity index is 1470. The number of anilines is 1. The van der Waals surface area contributed by atoms with Crippen LogP contribution in [0.4, 0.5) is 5.69 Å². The molecule has 0 aromatic heterocycles. The van der Waals surface area contributed by atoms with Crippen molar-refractivity contribution in [3.8, 4) is 0 Å². The van der Waals surface area contributed by atoms with E-state index < -0.39 is 47.9 Å². The van der Waals surface area contributed by atoms with E-state index in [2.05, 4.69) is 41.0 Å². The van der Waals surface area contributed by atoms with Crippen LogP contribution in [-0.2, 0) is 39.8 Å². The highest BCUT2D eigenvalue weighted by Crippen LogP contribution is 2.19. The zero-order valence-corrected chi connectivity index (χ0v) is 30.4. The van der Waals surface area contributed by atoms with Crippen LogP contribution in [0.1, 0.15) is 84.8 Å². The Balaban J connectivity index is 1.59. The summed E-state index contributed by atoms with van der Waals surface area (Å²) in [5, 5.41) is 8.76. The number of ether oxygens (including phenoxy) is 4. The minimum atomic E-state index is -1.47. The molecule has 0 aliphatic heterocycles. The smallest absolute Gasteiger partial charge is 0.339 e. The number of esters is 2. The Morgan fingerprint density at radius 1 is 0.694 bits per heavy atom. The molecule has 3 rings (SSSR count). The van der Waals surface area contributed by atoms with Gasteiger partial charge in [0.1, 0.15) is 17.8 Å². The third kappa shape index (κ3) is 15.4. The molecule has 0 fully saturated rings. The van der Waals surface area contributed by atoms with E-state index in [1.165, 1.54) is 21.9 Å². The largest absolute Gasteiger partial charge is 0.458 e. The summed E-state index contributed by atoms with van der Waals surface area (Å²) in [6, 6.07) is 23.0. The second kappa shape index (κ2) is 19.3. The fourth-order valence-corrected chi connectivity index (χ4v) is 5.15. The van der Waals surface area contributed by atoms with E-state index in [1.807, 2.05) is 43.3 Å². The Labute approximate surface area is 292 Å². The number of fused-ring (bicyclic) bond motifs is 1. The van der Waals surface area contributed by atoms with Gasteiger partial charge in [-0.15, -0.1) is 0 Å². The normalized spacial score (nSPS) is 13.0. The molecule has 3 aromatic rings. The number of aryl methyl sites for hydroxylation is 2. The Hall–Kier alpha value is -3.95. The monoisotopic (exact) mass is 676 g/mol. The van der Waals surface area contributed by atoms with Crippen molar-refractivity contribution >= 4 is 34.3 Å². The Morgan fingerprint density at radius 2 is 1.37 bits per heavy atom. The minimum Gasteiger partial charge on any atom is -0.458 e. The van der Waals surface area contributed by atoms with Gasteiger partial charge in [-0.1, -0.05) is 66.6 Å². The van der Waals surface area contributed by atoms with Crippen LogP contribution in [0.3, 0.4) is 0 Å². The quantitative estimate of drug-likeness (QED) is 0.100. The lowest BCUT2D eigenvalue weighted by molar-refractivity contribution is -0.187. The van der Waals surface area contributed by atoms with Gasteiger partial charge in [0.25, 0.3) is 5.91 Å². The number of carbonyl (C=O) groups is 3. The molecule has 2 unspecified atom stereocenters. The summed E-state index contributed by atoms with van der Waals surface area (Å²) < 4.78 is 22.8. The highest BCUT2D eigenvalue weighted by atomic mass is 16.6. The summed E-state index contributed by atoms with van der Waals surface area (Å²) in [6.45, 7) is 13.2. The summed E-state index contributed by atoms with van der Waals surface area (Å²) in [6.07, 6.45) is 2.21. The van der Waals surface area contributed by atoms with E-state index in [9.17, 15) is 14.4 Å². The molecule has 0 spiro atoms. The van der Waals surface area contributed by atoms with Crippen LogP contribution in [0, 0.1) is 6.92 Å². The van der Waals surface area contributed by atoms with Crippen LogP contribution < -0.4 is 10.6 Å². The molecule has 0 bridgehead atoms. The first-order valence-corrected chi connectivity index (χ1v) is 17.4. The average molecular weight is 677 g/mol. The molecule has 1 amide bonds. The van der Waals surface area contributed by atoms with Gasteiger partial charge in [0.2, 0.25) is 0 Å². The summed E-state index contributed by atoms with van der Waals surface area (Å²) in [7, 11) is 0. The number of amides is 1. The first-order chi connectivity index (χ1) is 23.2. The lowest BCUT2D eigenvalue weighted by Crippen LogP contribution is -2.51. The molecule has 2 N–H and O–H groups in total. The summed E-state index contributed by atoms with van der Waals surface area (Å²) >= 11 is 0. The van der Waals surface area contributed by atoms with E-state index in [4.69, 9.17) is 18.9 Å². The van der Waals surface area contributed by atoms with Gasteiger partial charge in [-0.2, -0.15) is 0 Å². The number of carbonyl (C=O) groups excluding carboxylic acids is 3. The molecule has 0 saturated heterocycles. The lowest BCUT2D eigenvalue weighted by Gasteiger charge is -2.29. The third-order valence-electron chi connectivity index (χ3n) is 7.48. The number of nitrogens with one attached hydrogen (secondary N) is 2. The van der Waals surface area contributed by atoms with Crippen molar-refractivity contribution in [1.29, 1.82) is 0 Å². The predicted molar refractivity (Wildman–Crippen MR) is 195 cm³/mol. The highest BCUT2D eigenvalue weighted by molar-refractivity contribution is 5.89. The van der Waals surface area contributed by atoms with Gasteiger partial charge in [0.15, 0.2) is 12.2 Å². The molecule has 0 radical (unpaired) electrons. The lowest BCUT2D eigenvalue weighted by atomic mass is 10.0. The standard InChI is InChI=1S/C40H56N2O7/c1-29-18-22-33(23-19-29)41-24-13-14-26-46-35(36(38(45)49-40(5,6)7)47-28-34(43)48-39(2,3)4)37(44)42-25-12-8-9-15-30-20-21-31-16-10-11-17-32(31)27-30/h10-11,16-23,27,35-36,41H,8-9,12-15,24-26,28H2,1-7H3,(H,42,44). The van der Waals surface area contributed by atoms with E-state index in [0.29, 0.717) is 19.5 Å². The Kier molecular flexibility index (Phi) is 15.5. The molecule has 49 heavy (non-hydrogen) atoms. The Morgan fingerprint density at radius 3 is 2.06 bits per heavy atom. The summed E-state index contributed by atoms with van der Waals surface area (Å²) in [4.78, 5) is 39.5. The molecule has 3 aromatic carbocycles. The first-order valence-electron chi connectivity index (χ1n) is 17.4. The van der Waals surface area contributed by atoms with Gasteiger partial charge in [-0.3, -0.25) is 4.79 Å². The maximum absolute atomic E-state index is 13.6. The molecule has 9 nitrogen and oxygen atoms in total. The van der Waals surface area contributed by atoms with Crippen LogP contribution in [0.2, 0.25) is 0 Å². The van der Waals surface area contributed by atoms with E-state index in [-0.39, 0.29) is 6.61 Å². The maximum Gasteiger partial charge on any atom is 0.339 e. The highest BCUT2D eigenvalue weighted by Gasteiger charge is 2.39. The van der Waals surface area contributed by atoms with Crippen molar-refractivity contribution in [3.63, 3.8) is 0 Å². The van der Waals surface area contributed by atoms with Gasteiger partial charge in [-0.05, 0) is 109 Å². The van der Waals surface area contributed by atoms with Crippen molar-refractivity contribution in [1.82, 2.24) is 5.32 Å². The average Bonchev–Trinajstić information content (AvgIpc) is 3.02. The number of benzene rings is 3. The first kappa shape index (κ1) is 39.5. The molecular formula is C40H56N2O7. The van der Waals surface area contributed by atoms with Crippen LogP contribution in [0.25, 0.3) is 10.8 Å². The van der Waals surface area contributed by atoms with Crippen molar-refractivity contribution in [2.45, 2.75) is 110 Å². The third-order valence-corrected chi connectivity index (χ3v) is 7.48. The topological polar surface area (TPSA) is 112 Å². The van der Waals surface area contributed by atoms with Gasteiger partial charge in [-0.25, -0.2) is 9.59 Å². The molecular weight excluding hydrogens is 620 g/mol. The van der Waals surface area contributed by atoms with Crippen LogP contribution in [0.5, 0.6) is 0 Å². The van der Waals surface area contributed by atoms with Gasteiger partial charge < -0.3 is 29.6 Å². The molecule has 268 valence electrons. The molecule has 0 heterocycles. The van der Waals surface area contributed by atoms with Gasteiger partial charge in [0, 0.05) is 25.4 Å². The van der Waals surface area contributed by atoms with E-state index in [0.717, 1.165) is 37.8 Å². The zero-order valence-electron chi connectivity index (χ0n) is 30.4. The SMILES string of the molecule is Cc1ccc(NCCCCOC(C(=O)NCCCCCc2ccc3ccccc3c2)C(OCC(=O)OC(C)(C)C)C(=O)OC(C)(C)C)cc1. The zero-order chi connectivity index (χ0) is 35.9. The van der Waals surface area contributed by atoms with Crippen molar-refractivity contribution in [2.75, 3.05) is 31.6 Å². The van der Waals surface area contributed by atoms with Crippen molar-refractivity contribution in [2.24, 2.45) is 0 Å². The van der Waals surface area contributed by atoms with Crippen LogP contribution >= 0.6 is 0 Å². The molecule has 2 atom stereocenters. The molecule has 0 aliphatic rings. The predicted octanol–water partition coefficient (Wildman–Crippen LogP) is 7.32. The van der Waals surface area contributed by atoms with E-state index >= 15 is 0 Å². The second-order valence-electron chi connectivity index (χ2n) is 14.4. The van der Waals surface area contributed by atoms with Gasteiger partial charge >= 0.3 is 11.9 Å². The minimum absolute atomic E-state index is 0.203. The maximum atomic E-state index is 13.6. The molecule has 0 saturated carbocycles. The van der Waals surface area contributed by atoms with Crippen molar-refractivity contribution in [3.05, 3.63) is 77.9 Å². The number of unbranched alkanes of at least 4 members (excludes halogenated alkanes) is 3. The summed E-state index contributed by atoms with van der Waals surface area (Å²) in [5.41, 5.74) is 1.92. The van der Waals surface area contributed by atoms with E-state index in [1.54, 1.807) is 41.5 Å². The molecule has 9 heteroatoms. The second-order valence-corrected chi connectivity index (χ2v) is 14.4.